The molecule has 0 aliphatic carbocycles. The molecule has 2 N–H and O–H groups in total. The molecule has 0 bridgehead atoms. The van der Waals surface area contributed by atoms with Crippen LogP contribution in [0.3, 0.4) is 0 Å². The lowest BCUT2D eigenvalue weighted by molar-refractivity contribution is -0.116. The predicted molar refractivity (Wildman–Crippen MR) is 70.0 cm³/mol. The molecule has 0 aliphatic rings. The molecule has 104 valence electrons. The molecule has 2 heterocycles. The summed E-state index contributed by atoms with van der Waals surface area (Å²) in [5.41, 5.74) is 0. The highest BCUT2D eigenvalue weighted by molar-refractivity contribution is 5.91. The molecule has 0 aliphatic heterocycles. The smallest absolute Gasteiger partial charge is 0.371 e. The molecule has 0 radical (unpaired) electrons. The van der Waals surface area contributed by atoms with Crippen LogP contribution < -0.4 is 5.32 Å². The lowest BCUT2D eigenvalue weighted by Gasteiger charge is -1.98. The van der Waals surface area contributed by atoms with Gasteiger partial charge >= 0.3 is 5.97 Å². The van der Waals surface area contributed by atoms with E-state index in [2.05, 4.69) is 5.32 Å². The molecule has 0 saturated carbocycles. The molecule has 6 heteroatoms. The number of aryl methyl sites for hydroxylation is 1. The molecule has 0 atom stereocenters. The fraction of sp³-hybridized carbons (Fsp3) is 0.143. The minimum atomic E-state index is -1.14. The van der Waals surface area contributed by atoms with Gasteiger partial charge < -0.3 is 19.3 Å². The van der Waals surface area contributed by atoms with Crippen molar-refractivity contribution in [2.24, 2.45) is 0 Å². The zero-order valence-corrected chi connectivity index (χ0v) is 10.8. The molecular formula is C14H13NO5. The number of nitrogens with one attached hydrogen (secondary N) is 1. The Hall–Kier alpha value is -2.76. The minimum absolute atomic E-state index is 0.119. The Morgan fingerprint density at radius 1 is 1.25 bits per heavy atom. The summed E-state index contributed by atoms with van der Waals surface area (Å²) in [5, 5.41) is 11.3. The number of rotatable bonds is 5. The van der Waals surface area contributed by atoms with E-state index in [1.54, 1.807) is 18.2 Å². The fourth-order valence-electron chi connectivity index (χ4n) is 1.52. The fourth-order valence-corrected chi connectivity index (χ4v) is 1.52. The van der Waals surface area contributed by atoms with Crippen LogP contribution >= 0.6 is 0 Å². The topological polar surface area (TPSA) is 92.7 Å². The van der Waals surface area contributed by atoms with Crippen molar-refractivity contribution in [3.05, 3.63) is 53.4 Å². The van der Waals surface area contributed by atoms with Crippen molar-refractivity contribution in [3.8, 4) is 0 Å². The molecule has 1 amide bonds. The predicted octanol–water partition coefficient (Wildman–Crippen LogP) is 2.21. The highest BCUT2D eigenvalue weighted by atomic mass is 16.4. The second-order valence-electron chi connectivity index (χ2n) is 4.07. The van der Waals surface area contributed by atoms with Crippen LogP contribution in [0, 0.1) is 6.92 Å². The third kappa shape index (κ3) is 3.61. The number of carboxylic acid groups (broad SMARTS) is 1. The summed E-state index contributed by atoms with van der Waals surface area (Å²) in [6.07, 6.45) is 2.88. The molecular weight excluding hydrogens is 262 g/mol. The van der Waals surface area contributed by atoms with Gasteiger partial charge in [-0.2, -0.15) is 0 Å². The molecule has 0 spiro atoms. The molecule has 0 saturated heterocycles. The molecule has 6 nitrogen and oxygen atoms in total. The number of carbonyl (C=O) groups is 2. The minimum Gasteiger partial charge on any atom is -0.475 e. The van der Waals surface area contributed by atoms with E-state index >= 15 is 0 Å². The normalized spacial score (nSPS) is 10.8. The van der Waals surface area contributed by atoms with E-state index in [9.17, 15) is 9.59 Å². The van der Waals surface area contributed by atoms with Crippen molar-refractivity contribution in [1.29, 1.82) is 0 Å². The first-order valence-corrected chi connectivity index (χ1v) is 5.89. The van der Waals surface area contributed by atoms with Gasteiger partial charge in [-0.25, -0.2) is 4.79 Å². The van der Waals surface area contributed by atoms with E-state index in [1.165, 1.54) is 18.2 Å². The maximum absolute atomic E-state index is 11.5. The largest absolute Gasteiger partial charge is 0.475 e. The highest BCUT2D eigenvalue weighted by Crippen LogP contribution is 2.09. The number of carboxylic acids is 1. The number of amides is 1. The van der Waals surface area contributed by atoms with Crippen LogP contribution in [0.4, 0.5) is 0 Å². The number of hydrogen-bond acceptors (Lipinski definition) is 4. The van der Waals surface area contributed by atoms with Gasteiger partial charge in [-0.15, -0.1) is 0 Å². The first-order chi connectivity index (χ1) is 9.54. The number of carbonyl (C=O) groups excluding carboxylic acids is 1. The second-order valence-corrected chi connectivity index (χ2v) is 4.07. The van der Waals surface area contributed by atoms with Crippen molar-refractivity contribution in [1.82, 2.24) is 5.32 Å². The summed E-state index contributed by atoms with van der Waals surface area (Å²) < 4.78 is 10.3. The van der Waals surface area contributed by atoms with Crippen molar-refractivity contribution in [2.75, 3.05) is 0 Å². The van der Waals surface area contributed by atoms with E-state index < -0.39 is 5.97 Å². The monoisotopic (exact) mass is 275 g/mol. The second kappa shape index (κ2) is 5.92. The van der Waals surface area contributed by atoms with Gasteiger partial charge in [0.05, 0.1) is 6.54 Å². The molecule has 2 aromatic rings. The Kier molecular flexibility index (Phi) is 4.05. The van der Waals surface area contributed by atoms with Crippen LogP contribution in [0.15, 0.2) is 39.2 Å². The molecule has 20 heavy (non-hydrogen) atoms. The van der Waals surface area contributed by atoms with Crippen LogP contribution in [0.1, 0.15) is 27.8 Å². The Labute approximate surface area is 114 Å². The van der Waals surface area contributed by atoms with E-state index in [0.29, 0.717) is 11.5 Å². The lowest BCUT2D eigenvalue weighted by Crippen LogP contribution is -2.19. The quantitative estimate of drug-likeness (QED) is 0.816. The average molecular weight is 275 g/mol. The van der Waals surface area contributed by atoms with Crippen molar-refractivity contribution >= 4 is 18.0 Å². The zero-order valence-electron chi connectivity index (χ0n) is 10.8. The number of furan rings is 2. The van der Waals surface area contributed by atoms with Gasteiger partial charge in [-0.3, -0.25) is 4.79 Å². The highest BCUT2D eigenvalue weighted by Gasteiger charge is 2.08. The SMILES string of the molecule is Cc1ccc(C=CC(=O)NCc2ccc(C(=O)O)o2)o1. The van der Waals surface area contributed by atoms with Gasteiger partial charge in [-0.1, -0.05) is 0 Å². The summed E-state index contributed by atoms with van der Waals surface area (Å²) in [6.45, 7) is 1.93. The van der Waals surface area contributed by atoms with Gasteiger partial charge in [0.15, 0.2) is 0 Å². The molecule has 0 unspecified atom stereocenters. The van der Waals surface area contributed by atoms with Crippen molar-refractivity contribution in [2.45, 2.75) is 13.5 Å². The average Bonchev–Trinajstić information content (AvgIpc) is 3.03. The summed E-state index contributed by atoms with van der Waals surface area (Å²) in [6, 6.07) is 6.40. The Morgan fingerprint density at radius 2 is 2.05 bits per heavy atom. The van der Waals surface area contributed by atoms with Gasteiger partial charge in [0.2, 0.25) is 11.7 Å². The van der Waals surface area contributed by atoms with E-state index in [-0.39, 0.29) is 18.2 Å². The zero-order chi connectivity index (χ0) is 14.5. The third-order valence-corrected chi connectivity index (χ3v) is 2.47. The molecule has 2 aromatic heterocycles. The maximum atomic E-state index is 11.5. The summed E-state index contributed by atoms with van der Waals surface area (Å²) in [5.74, 6) is 0.0995. The summed E-state index contributed by atoms with van der Waals surface area (Å²) in [7, 11) is 0. The van der Waals surface area contributed by atoms with Gasteiger partial charge in [0.1, 0.15) is 17.3 Å². The van der Waals surface area contributed by atoms with E-state index in [0.717, 1.165) is 5.76 Å². The summed E-state index contributed by atoms with van der Waals surface area (Å²) >= 11 is 0. The third-order valence-electron chi connectivity index (χ3n) is 2.47. The van der Waals surface area contributed by atoms with E-state index in [4.69, 9.17) is 13.9 Å². The van der Waals surface area contributed by atoms with Gasteiger partial charge in [0, 0.05) is 6.08 Å². The Balaban J connectivity index is 1.85. The van der Waals surface area contributed by atoms with Crippen LogP contribution in [-0.2, 0) is 11.3 Å². The van der Waals surface area contributed by atoms with Crippen LogP contribution in [0.5, 0.6) is 0 Å². The first-order valence-electron chi connectivity index (χ1n) is 5.89. The lowest BCUT2D eigenvalue weighted by atomic mass is 10.3. The number of hydrogen-bond donors (Lipinski definition) is 2. The van der Waals surface area contributed by atoms with Gasteiger partial charge in [0.25, 0.3) is 0 Å². The Morgan fingerprint density at radius 3 is 2.65 bits per heavy atom. The summed E-state index contributed by atoms with van der Waals surface area (Å²) in [4.78, 5) is 22.2. The number of aromatic carboxylic acids is 1. The van der Waals surface area contributed by atoms with Crippen molar-refractivity contribution in [3.63, 3.8) is 0 Å². The standard InChI is InChI=1S/C14H13NO5/c1-9-2-3-10(19-9)5-7-13(16)15-8-11-4-6-12(20-11)14(17)18/h2-7H,8H2,1H3,(H,15,16)(H,17,18). The van der Waals surface area contributed by atoms with E-state index in [1.807, 2.05) is 6.92 Å². The molecule has 0 aromatic carbocycles. The first kappa shape index (κ1) is 13.7. The van der Waals surface area contributed by atoms with Crippen LogP contribution in [0.2, 0.25) is 0 Å². The Bertz CT molecular complexity index is 650. The molecule has 0 fully saturated rings. The maximum Gasteiger partial charge on any atom is 0.371 e. The van der Waals surface area contributed by atoms with Crippen LogP contribution in [0.25, 0.3) is 6.08 Å². The molecule has 2 rings (SSSR count). The van der Waals surface area contributed by atoms with Gasteiger partial charge in [-0.05, 0) is 37.3 Å². The van der Waals surface area contributed by atoms with Crippen molar-refractivity contribution < 1.29 is 23.5 Å². The van der Waals surface area contributed by atoms with Crippen LogP contribution in [-0.4, -0.2) is 17.0 Å².